The first-order valence-electron chi connectivity index (χ1n) is 8.18. The van der Waals surface area contributed by atoms with Gasteiger partial charge in [0.05, 0.1) is 0 Å². The molecule has 0 aliphatic rings. The minimum Gasteiger partial charge on any atom is -0.481 e. The van der Waals surface area contributed by atoms with E-state index in [0.717, 1.165) is 22.0 Å². The van der Waals surface area contributed by atoms with Gasteiger partial charge in [-0.05, 0) is 48.4 Å². The Morgan fingerprint density at radius 2 is 1.71 bits per heavy atom. The molecule has 0 saturated heterocycles. The molecule has 0 heterocycles. The third-order valence-electron chi connectivity index (χ3n) is 3.98. The lowest BCUT2D eigenvalue weighted by atomic mass is 10.1. The molecular weight excluding hydrogens is 298 g/mol. The summed E-state index contributed by atoms with van der Waals surface area (Å²) in [5.74, 6) is 0.578. The third-order valence-corrected chi connectivity index (χ3v) is 3.98. The fourth-order valence-electron chi connectivity index (χ4n) is 2.59. The SMILES string of the molecule is CC[C@@H](Oc1ccc2ccccc2c1)C(=O)Nc1ccc(C)cc1. The molecule has 0 spiro atoms. The lowest BCUT2D eigenvalue weighted by Gasteiger charge is -2.17. The van der Waals surface area contributed by atoms with Crippen LogP contribution in [0, 0.1) is 6.92 Å². The Balaban J connectivity index is 1.72. The summed E-state index contributed by atoms with van der Waals surface area (Å²) in [5.41, 5.74) is 1.94. The van der Waals surface area contributed by atoms with Crippen LogP contribution in [-0.4, -0.2) is 12.0 Å². The van der Waals surface area contributed by atoms with E-state index < -0.39 is 6.10 Å². The van der Waals surface area contributed by atoms with Gasteiger partial charge in [0.15, 0.2) is 6.10 Å². The van der Waals surface area contributed by atoms with Crippen molar-refractivity contribution in [1.82, 2.24) is 0 Å². The van der Waals surface area contributed by atoms with Crippen molar-refractivity contribution in [3.8, 4) is 5.75 Å². The van der Waals surface area contributed by atoms with Gasteiger partial charge in [0.2, 0.25) is 0 Å². The number of anilines is 1. The molecule has 0 bridgehead atoms. The van der Waals surface area contributed by atoms with Crippen LogP contribution in [0.25, 0.3) is 10.8 Å². The molecule has 3 aromatic rings. The van der Waals surface area contributed by atoms with E-state index in [1.54, 1.807) is 0 Å². The average Bonchev–Trinajstić information content (AvgIpc) is 2.61. The van der Waals surface area contributed by atoms with Crippen LogP contribution in [0.3, 0.4) is 0 Å². The summed E-state index contributed by atoms with van der Waals surface area (Å²) in [6, 6.07) is 21.7. The Morgan fingerprint density at radius 3 is 2.42 bits per heavy atom. The molecule has 1 N–H and O–H groups in total. The Hall–Kier alpha value is -2.81. The lowest BCUT2D eigenvalue weighted by molar-refractivity contribution is -0.122. The summed E-state index contributed by atoms with van der Waals surface area (Å²) in [6.45, 7) is 3.96. The van der Waals surface area contributed by atoms with E-state index in [9.17, 15) is 4.79 Å². The predicted octanol–water partition coefficient (Wildman–Crippen LogP) is 4.94. The van der Waals surface area contributed by atoms with Gasteiger partial charge in [0.1, 0.15) is 5.75 Å². The van der Waals surface area contributed by atoms with Crippen LogP contribution in [0.2, 0.25) is 0 Å². The summed E-state index contributed by atoms with van der Waals surface area (Å²) >= 11 is 0. The van der Waals surface area contributed by atoms with Crippen molar-refractivity contribution in [2.45, 2.75) is 26.4 Å². The van der Waals surface area contributed by atoms with Gasteiger partial charge >= 0.3 is 0 Å². The molecule has 1 amide bonds. The number of rotatable bonds is 5. The maximum atomic E-state index is 12.5. The molecule has 3 nitrogen and oxygen atoms in total. The standard InChI is InChI=1S/C21H21NO2/c1-3-20(21(23)22-18-11-8-15(2)9-12-18)24-19-13-10-16-6-4-5-7-17(16)14-19/h4-14,20H,3H2,1-2H3,(H,22,23)/t20-/m1/s1. The number of hydrogen-bond donors (Lipinski definition) is 1. The van der Waals surface area contributed by atoms with Gasteiger partial charge in [-0.1, -0.05) is 55.0 Å². The summed E-state index contributed by atoms with van der Waals surface area (Å²) in [7, 11) is 0. The van der Waals surface area contributed by atoms with E-state index in [1.807, 2.05) is 74.5 Å². The number of aryl methyl sites for hydroxylation is 1. The lowest BCUT2D eigenvalue weighted by Crippen LogP contribution is -2.32. The highest BCUT2D eigenvalue weighted by atomic mass is 16.5. The fraction of sp³-hybridized carbons (Fsp3) is 0.190. The quantitative estimate of drug-likeness (QED) is 0.723. The van der Waals surface area contributed by atoms with E-state index in [0.29, 0.717) is 12.2 Å². The number of carbonyl (C=O) groups is 1. The zero-order chi connectivity index (χ0) is 16.9. The maximum absolute atomic E-state index is 12.5. The smallest absolute Gasteiger partial charge is 0.265 e. The van der Waals surface area contributed by atoms with Crippen LogP contribution >= 0.6 is 0 Å². The van der Waals surface area contributed by atoms with Gasteiger partial charge < -0.3 is 10.1 Å². The molecule has 3 heteroatoms. The molecule has 0 saturated carbocycles. The van der Waals surface area contributed by atoms with E-state index in [-0.39, 0.29) is 5.91 Å². The fourth-order valence-corrected chi connectivity index (χ4v) is 2.59. The van der Waals surface area contributed by atoms with Crippen molar-refractivity contribution in [1.29, 1.82) is 0 Å². The summed E-state index contributed by atoms with van der Waals surface area (Å²) < 4.78 is 5.92. The maximum Gasteiger partial charge on any atom is 0.265 e. The van der Waals surface area contributed by atoms with Crippen molar-refractivity contribution < 1.29 is 9.53 Å². The molecule has 0 aliphatic carbocycles. The van der Waals surface area contributed by atoms with E-state index >= 15 is 0 Å². The van der Waals surface area contributed by atoms with Gasteiger partial charge in [-0.3, -0.25) is 4.79 Å². The molecule has 0 aromatic heterocycles. The first-order valence-corrected chi connectivity index (χ1v) is 8.18. The van der Waals surface area contributed by atoms with Crippen molar-refractivity contribution in [2.75, 3.05) is 5.32 Å². The zero-order valence-electron chi connectivity index (χ0n) is 14.0. The first kappa shape index (κ1) is 16.1. The van der Waals surface area contributed by atoms with Gasteiger partial charge in [-0.25, -0.2) is 0 Å². The van der Waals surface area contributed by atoms with Crippen molar-refractivity contribution in [3.05, 3.63) is 72.3 Å². The number of ether oxygens (including phenoxy) is 1. The van der Waals surface area contributed by atoms with Crippen LogP contribution < -0.4 is 10.1 Å². The second kappa shape index (κ2) is 7.18. The number of nitrogens with one attached hydrogen (secondary N) is 1. The zero-order valence-corrected chi connectivity index (χ0v) is 14.0. The summed E-state index contributed by atoms with van der Waals surface area (Å²) in [6.07, 6.45) is 0.0808. The van der Waals surface area contributed by atoms with Gasteiger partial charge in [-0.2, -0.15) is 0 Å². The summed E-state index contributed by atoms with van der Waals surface area (Å²) in [4.78, 5) is 12.5. The van der Waals surface area contributed by atoms with Crippen molar-refractivity contribution >= 4 is 22.4 Å². The molecule has 1 atom stereocenters. The molecule has 24 heavy (non-hydrogen) atoms. The normalized spacial score (nSPS) is 11.9. The van der Waals surface area contributed by atoms with Gasteiger partial charge in [0.25, 0.3) is 5.91 Å². The Morgan fingerprint density at radius 1 is 1.00 bits per heavy atom. The van der Waals surface area contributed by atoms with Crippen LogP contribution in [0.15, 0.2) is 66.7 Å². The second-order valence-corrected chi connectivity index (χ2v) is 5.88. The average molecular weight is 319 g/mol. The van der Waals surface area contributed by atoms with E-state index in [1.165, 1.54) is 0 Å². The molecule has 0 radical (unpaired) electrons. The topological polar surface area (TPSA) is 38.3 Å². The monoisotopic (exact) mass is 319 g/mol. The Bertz CT molecular complexity index is 840. The molecule has 3 aromatic carbocycles. The number of amides is 1. The number of fused-ring (bicyclic) bond motifs is 1. The molecule has 0 fully saturated rings. The van der Waals surface area contributed by atoms with E-state index in [2.05, 4.69) is 11.4 Å². The second-order valence-electron chi connectivity index (χ2n) is 5.88. The highest BCUT2D eigenvalue weighted by molar-refractivity contribution is 5.94. The highest BCUT2D eigenvalue weighted by Crippen LogP contribution is 2.22. The van der Waals surface area contributed by atoms with Gasteiger partial charge in [0, 0.05) is 5.69 Å². The highest BCUT2D eigenvalue weighted by Gasteiger charge is 2.18. The van der Waals surface area contributed by atoms with Crippen LogP contribution in [0.4, 0.5) is 5.69 Å². The molecule has 3 rings (SSSR count). The number of benzene rings is 3. The van der Waals surface area contributed by atoms with Crippen LogP contribution in [-0.2, 0) is 4.79 Å². The molecule has 0 unspecified atom stereocenters. The van der Waals surface area contributed by atoms with Crippen molar-refractivity contribution in [2.24, 2.45) is 0 Å². The van der Waals surface area contributed by atoms with Crippen LogP contribution in [0.1, 0.15) is 18.9 Å². The minimum atomic E-state index is -0.521. The molecule has 122 valence electrons. The molecular formula is C21H21NO2. The number of hydrogen-bond acceptors (Lipinski definition) is 2. The Kier molecular flexibility index (Phi) is 4.80. The van der Waals surface area contributed by atoms with Crippen LogP contribution in [0.5, 0.6) is 5.75 Å². The predicted molar refractivity (Wildman–Crippen MR) is 98.5 cm³/mol. The summed E-state index contributed by atoms with van der Waals surface area (Å²) in [5, 5.41) is 5.17. The number of carbonyl (C=O) groups excluding carboxylic acids is 1. The first-order chi connectivity index (χ1) is 11.7. The van der Waals surface area contributed by atoms with Gasteiger partial charge in [-0.15, -0.1) is 0 Å². The van der Waals surface area contributed by atoms with E-state index in [4.69, 9.17) is 4.74 Å². The Labute approximate surface area is 142 Å². The van der Waals surface area contributed by atoms with Crippen molar-refractivity contribution in [3.63, 3.8) is 0 Å². The largest absolute Gasteiger partial charge is 0.481 e. The minimum absolute atomic E-state index is 0.130. The molecule has 0 aliphatic heterocycles. The third kappa shape index (κ3) is 3.74.